The van der Waals surface area contributed by atoms with Gasteiger partial charge >= 0.3 is 0 Å². The van der Waals surface area contributed by atoms with Gasteiger partial charge in [-0.2, -0.15) is 0 Å². The van der Waals surface area contributed by atoms with Gasteiger partial charge < -0.3 is 9.13 Å². The summed E-state index contributed by atoms with van der Waals surface area (Å²) in [4.78, 5) is 5.39. The zero-order valence-corrected chi connectivity index (χ0v) is 29.8. The maximum atomic E-state index is 5.39. The molecule has 0 aliphatic heterocycles. The van der Waals surface area contributed by atoms with Gasteiger partial charge in [-0.05, 0) is 82.7 Å². The quantitative estimate of drug-likeness (QED) is 0.180. The normalized spacial score (nSPS) is 12.0. The lowest BCUT2D eigenvalue weighted by molar-refractivity contribution is 1.14. The molecule has 0 fully saturated rings. The van der Waals surface area contributed by atoms with Gasteiger partial charge in [0.1, 0.15) is 5.65 Å². The number of imidazole rings is 1. The lowest BCUT2D eigenvalue weighted by Crippen LogP contribution is -1.98. The number of rotatable bonds is 4. The van der Waals surface area contributed by atoms with Gasteiger partial charge in [-0.1, -0.05) is 133 Å². The topological polar surface area (TPSA) is 27.2 Å². The SMILES string of the molecule is c1ccc(-c2c3c4c(cccc4n2-c2ccc(-c4ccc(-n5c6ccccc6c6ccccc65)cc4)cc2)c2ccccc2n2c4ccccc4nc32)cc1. The van der Waals surface area contributed by atoms with E-state index in [1.165, 1.54) is 49.1 Å². The van der Waals surface area contributed by atoms with Crippen molar-refractivity contribution in [2.24, 2.45) is 0 Å². The van der Waals surface area contributed by atoms with Crippen LogP contribution < -0.4 is 0 Å². The predicted octanol–water partition coefficient (Wildman–Crippen LogP) is 13.2. The van der Waals surface area contributed by atoms with Crippen LogP contribution in [0, 0.1) is 0 Å². The van der Waals surface area contributed by atoms with E-state index in [9.17, 15) is 0 Å². The van der Waals surface area contributed by atoms with Crippen molar-refractivity contribution in [3.05, 3.63) is 194 Å². The molecular formula is C51H32N4. The summed E-state index contributed by atoms with van der Waals surface area (Å²) in [6.07, 6.45) is 0. The van der Waals surface area contributed by atoms with E-state index >= 15 is 0 Å². The summed E-state index contributed by atoms with van der Waals surface area (Å²) in [5.41, 5.74) is 14.7. The second-order valence-electron chi connectivity index (χ2n) is 14.4. The lowest BCUT2D eigenvalue weighted by Gasteiger charge is -2.14. The van der Waals surface area contributed by atoms with Crippen LogP contribution in [0.4, 0.5) is 0 Å². The first kappa shape index (κ1) is 30.1. The monoisotopic (exact) mass is 700 g/mol. The third-order valence-corrected chi connectivity index (χ3v) is 11.4. The van der Waals surface area contributed by atoms with Gasteiger partial charge in [0.2, 0.25) is 0 Å². The highest BCUT2D eigenvalue weighted by atomic mass is 15.0. The van der Waals surface area contributed by atoms with Crippen molar-refractivity contribution in [2.45, 2.75) is 0 Å². The number of benzene rings is 8. The first-order chi connectivity index (χ1) is 27.3. The molecule has 55 heavy (non-hydrogen) atoms. The number of para-hydroxylation sites is 5. The Morgan fingerprint density at radius 2 is 0.800 bits per heavy atom. The van der Waals surface area contributed by atoms with Crippen LogP contribution in [0.3, 0.4) is 0 Å². The van der Waals surface area contributed by atoms with Crippen LogP contribution in [-0.4, -0.2) is 18.5 Å². The zero-order valence-electron chi connectivity index (χ0n) is 29.8. The molecule has 0 atom stereocenters. The van der Waals surface area contributed by atoms with E-state index in [2.05, 4.69) is 208 Å². The van der Waals surface area contributed by atoms with Gasteiger partial charge in [0, 0.05) is 32.9 Å². The second kappa shape index (κ2) is 11.5. The number of hydrogen-bond acceptors (Lipinski definition) is 1. The Balaban J connectivity index is 1.07. The minimum atomic E-state index is 0.959. The molecular weight excluding hydrogens is 669 g/mol. The number of hydrogen-bond donors (Lipinski definition) is 0. The molecule has 0 aliphatic rings. The van der Waals surface area contributed by atoms with Crippen molar-refractivity contribution in [1.82, 2.24) is 18.5 Å². The molecule has 0 amide bonds. The van der Waals surface area contributed by atoms with Crippen molar-refractivity contribution < 1.29 is 0 Å². The van der Waals surface area contributed by atoms with E-state index in [0.717, 1.165) is 55.7 Å². The minimum absolute atomic E-state index is 0.959. The smallest absolute Gasteiger partial charge is 0.148 e. The molecule has 4 heterocycles. The number of nitrogens with zero attached hydrogens (tertiary/aromatic N) is 4. The maximum Gasteiger partial charge on any atom is 0.148 e. The van der Waals surface area contributed by atoms with Crippen LogP contribution in [0.2, 0.25) is 0 Å². The maximum absolute atomic E-state index is 5.39. The Morgan fingerprint density at radius 1 is 0.309 bits per heavy atom. The molecule has 8 aromatic carbocycles. The van der Waals surface area contributed by atoms with E-state index < -0.39 is 0 Å². The van der Waals surface area contributed by atoms with E-state index in [1.807, 2.05) is 0 Å². The van der Waals surface area contributed by atoms with Crippen LogP contribution in [0.5, 0.6) is 0 Å². The van der Waals surface area contributed by atoms with Gasteiger partial charge in [-0.3, -0.25) is 4.40 Å². The van der Waals surface area contributed by atoms with E-state index in [-0.39, 0.29) is 0 Å². The molecule has 0 radical (unpaired) electrons. The third kappa shape index (κ3) is 4.31. The van der Waals surface area contributed by atoms with Gasteiger partial charge in [0.15, 0.2) is 0 Å². The zero-order chi connectivity index (χ0) is 36.0. The fraction of sp³-hybridized carbons (Fsp3) is 0. The molecule has 12 rings (SSSR count). The third-order valence-electron chi connectivity index (χ3n) is 11.4. The van der Waals surface area contributed by atoms with Gasteiger partial charge in [-0.25, -0.2) is 4.98 Å². The fourth-order valence-electron chi connectivity index (χ4n) is 9.06. The molecule has 0 N–H and O–H groups in total. The lowest BCUT2D eigenvalue weighted by atomic mass is 10.0. The van der Waals surface area contributed by atoms with E-state index in [0.29, 0.717) is 0 Å². The van der Waals surface area contributed by atoms with Crippen molar-refractivity contribution in [3.63, 3.8) is 0 Å². The molecule has 0 saturated heterocycles. The van der Waals surface area contributed by atoms with Gasteiger partial charge in [0.25, 0.3) is 0 Å². The Labute approximate surface area is 316 Å². The highest BCUT2D eigenvalue weighted by Crippen LogP contribution is 2.44. The van der Waals surface area contributed by atoms with Crippen molar-refractivity contribution >= 4 is 71.1 Å². The summed E-state index contributed by atoms with van der Waals surface area (Å²) in [6, 6.07) is 70.1. The van der Waals surface area contributed by atoms with Crippen LogP contribution in [0.1, 0.15) is 0 Å². The highest BCUT2D eigenvalue weighted by molar-refractivity contribution is 6.26. The van der Waals surface area contributed by atoms with E-state index in [4.69, 9.17) is 4.98 Å². The summed E-state index contributed by atoms with van der Waals surface area (Å²) >= 11 is 0. The van der Waals surface area contributed by atoms with E-state index in [1.54, 1.807) is 0 Å². The molecule has 12 aromatic rings. The predicted molar refractivity (Wildman–Crippen MR) is 230 cm³/mol. The van der Waals surface area contributed by atoms with Crippen molar-refractivity contribution in [2.75, 3.05) is 0 Å². The van der Waals surface area contributed by atoms with Gasteiger partial charge in [-0.15, -0.1) is 0 Å². The number of aromatic nitrogens is 4. The summed E-state index contributed by atoms with van der Waals surface area (Å²) < 4.78 is 7.17. The Morgan fingerprint density at radius 3 is 1.45 bits per heavy atom. The second-order valence-corrected chi connectivity index (χ2v) is 14.4. The molecule has 0 saturated carbocycles. The summed E-state index contributed by atoms with van der Waals surface area (Å²) in [6.45, 7) is 0. The summed E-state index contributed by atoms with van der Waals surface area (Å²) in [5.74, 6) is 0. The Bertz CT molecular complexity index is 3400. The van der Waals surface area contributed by atoms with Crippen molar-refractivity contribution in [1.29, 1.82) is 0 Å². The summed E-state index contributed by atoms with van der Waals surface area (Å²) in [7, 11) is 0. The highest BCUT2D eigenvalue weighted by Gasteiger charge is 2.24. The van der Waals surface area contributed by atoms with Crippen LogP contribution in [0.15, 0.2) is 194 Å². The molecule has 0 unspecified atom stereocenters. The average Bonchev–Trinajstić information content (AvgIpc) is 3.90. The average molecular weight is 701 g/mol. The number of fused-ring (bicyclic) bond motifs is 10. The van der Waals surface area contributed by atoms with Crippen LogP contribution in [-0.2, 0) is 0 Å². The Kier molecular flexibility index (Phi) is 6.31. The standard InChI is InChI=1S/C51H32N4/c1-2-13-35(14-3-1)50-49-48-41(40-17-6-10-22-45(40)55-46-23-11-7-19-42(46)52-51(49)55)18-12-24-47(48)54(50)37-31-27-34(28-32-37)33-25-29-36(30-26-33)53-43-20-8-4-15-38(43)39-16-5-9-21-44(39)53/h1-32H. The molecule has 4 nitrogen and oxygen atoms in total. The fourth-order valence-corrected chi connectivity index (χ4v) is 9.06. The Hall–Kier alpha value is -7.43. The molecule has 256 valence electrons. The molecule has 0 bridgehead atoms. The first-order valence-electron chi connectivity index (χ1n) is 18.8. The van der Waals surface area contributed by atoms with Crippen LogP contribution >= 0.6 is 0 Å². The molecule has 4 aromatic heterocycles. The molecule has 4 heteroatoms. The first-order valence-corrected chi connectivity index (χ1v) is 18.8. The van der Waals surface area contributed by atoms with Gasteiger partial charge in [0.05, 0.1) is 44.2 Å². The summed E-state index contributed by atoms with van der Waals surface area (Å²) in [5, 5.41) is 7.32. The van der Waals surface area contributed by atoms with Crippen LogP contribution in [0.25, 0.3) is 105 Å². The largest absolute Gasteiger partial charge is 0.309 e. The molecule has 0 spiro atoms. The van der Waals surface area contributed by atoms with Crippen molar-refractivity contribution in [3.8, 4) is 33.8 Å². The minimum Gasteiger partial charge on any atom is -0.309 e. The molecule has 0 aliphatic carbocycles.